The normalized spacial score (nSPS) is 11.9. The number of thiophene rings is 1. The molecule has 0 saturated carbocycles. The lowest BCUT2D eigenvalue weighted by atomic mass is 10.0. The highest BCUT2D eigenvalue weighted by atomic mass is 32.1. The number of hydrogen-bond donors (Lipinski definition) is 2. The van der Waals surface area contributed by atoms with Gasteiger partial charge < -0.3 is 10.6 Å². The van der Waals surface area contributed by atoms with Gasteiger partial charge in [0.05, 0.1) is 12.6 Å². The molecule has 2 N–H and O–H groups in total. The van der Waals surface area contributed by atoms with Crippen molar-refractivity contribution in [1.82, 2.24) is 15.5 Å². The summed E-state index contributed by atoms with van der Waals surface area (Å²) in [6, 6.07) is 19.6. The number of nitrogens with one attached hydrogen (secondary N) is 2. The Hall–Kier alpha value is -2.96. The largest absolute Gasteiger partial charge is 0.355 e. The summed E-state index contributed by atoms with van der Waals surface area (Å²) < 4.78 is 0. The Bertz CT molecular complexity index is 967. The Balaban J connectivity index is 1.62. The first-order valence-corrected chi connectivity index (χ1v) is 10.7. The number of carbonyl (C=O) groups excluding carboxylic acids is 2. The number of amides is 2. The summed E-state index contributed by atoms with van der Waals surface area (Å²) in [5.74, 6) is -0.136. The van der Waals surface area contributed by atoms with E-state index in [0.717, 1.165) is 16.0 Å². The lowest BCUT2D eigenvalue weighted by Crippen LogP contribution is -2.37. The third kappa shape index (κ3) is 5.78. The molecule has 2 aromatic carbocycles. The van der Waals surface area contributed by atoms with Gasteiger partial charge in [0.15, 0.2) is 0 Å². The fraction of sp³-hybridized carbons (Fsp3) is 0.250. The zero-order valence-corrected chi connectivity index (χ0v) is 18.3. The van der Waals surface area contributed by atoms with Gasteiger partial charge in [-0.2, -0.15) is 0 Å². The van der Waals surface area contributed by atoms with Gasteiger partial charge in [-0.25, -0.2) is 0 Å². The van der Waals surface area contributed by atoms with E-state index in [1.54, 1.807) is 30.5 Å². The Morgan fingerprint density at radius 1 is 1.03 bits per heavy atom. The summed E-state index contributed by atoms with van der Waals surface area (Å²) in [5.41, 5.74) is 3.94. The molecule has 1 unspecified atom stereocenters. The Labute approximate surface area is 181 Å². The van der Waals surface area contributed by atoms with Crippen molar-refractivity contribution in [1.29, 1.82) is 0 Å². The van der Waals surface area contributed by atoms with Crippen LogP contribution in [0.2, 0.25) is 0 Å². The van der Waals surface area contributed by atoms with Crippen LogP contribution in [0, 0.1) is 6.92 Å². The highest BCUT2D eigenvalue weighted by Gasteiger charge is 2.18. The maximum atomic E-state index is 12.8. The third-order valence-corrected chi connectivity index (χ3v) is 5.79. The van der Waals surface area contributed by atoms with Crippen LogP contribution in [0.15, 0.2) is 66.0 Å². The second-order valence-corrected chi connectivity index (χ2v) is 8.35. The fourth-order valence-corrected chi connectivity index (χ4v) is 4.06. The van der Waals surface area contributed by atoms with E-state index in [4.69, 9.17) is 0 Å². The van der Waals surface area contributed by atoms with E-state index < -0.39 is 0 Å². The van der Waals surface area contributed by atoms with Gasteiger partial charge in [0.25, 0.3) is 5.91 Å². The molecule has 0 radical (unpaired) electrons. The number of rotatable bonds is 8. The van der Waals surface area contributed by atoms with Crippen molar-refractivity contribution < 1.29 is 9.59 Å². The molecule has 0 aliphatic heterocycles. The topological polar surface area (TPSA) is 61.4 Å². The van der Waals surface area contributed by atoms with Gasteiger partial charge >= 0.3 is 0 Å². The summed E-state index contributed by atoms with van der Waals surface area (Å²) in [6.45, 7) is 2.96. The predicted molar refractivity (Wildman–Crippen MR) is 122 cm³/mol. The van der Waals surface area contributed by atoms with Crippen molar-refractivity contribution in [3.8, 4) is 0 Å². The predicted octanol–water partition coefficient (Wildman–Crippen LogP) is 3.75. The molecule has 1 atom stereocenters. The van der Waals surface area contributed by atoms with Crippen LogP contribution in [-0.4, -0.2) is 37.4 Å². The molecule has 156 valence electrons. The minimum absolute atomic E-state index is 0.0292. The molecule has 6 heteroatoms. The summed E-state index contributed by atoms with van der Waals surface area (Å²) >= 11 is 1.64. The number of likely N-dealkylation sites (N-methyl/N-ethyl adjacent to an activating group) is 1. The molecule has 2 amide bonds. The number of hydrogen-bond acceptors (Lipinski definition) is 4. The zero-order valence-electron chi connectivity index (χ0n) is 17.5. The molecule has 1 heterocycles. The maximum absolute atomic E-state index is 12.8. The highest BCUT2D eigenvalue weighted by molar-refractivity contribution is 7.10. The van der Waals surface area contributed by atoms with Crippen LogP contribution in [0.4, 0.5) is 0 Å². The van der Waals surface area contributed by atoms with Gasteiger partial charge in [0.2, 0.25) is 5.91 Å². The second kappa shape index (κ2) is 10.2. The van der Waals surface area contributed by atoms with Gasteiger partial charge in [0.1, 0.15) is 0 Å². The van der Waals surface area contributed by atoms with Gasteiger partial charge in [-0.05, 0) is 48.7 Å². The van der Waals surface area contributed by atoms with Gasteiger partial charge in [-0.15, -0.1) is 11.3 Å². The third-order valence-electron chi connectivity index (χ3n) is 4.85. The van der Waals surface area contributed by atoms with E-state index in [0.29, 0.717) is 12.1 Å². The molecule has 3 rings (SSSR count). The number of aryl methyl sites for hydroxylation is 1. The van der Waals surface area contributed by atoms with Crippen LogP contribution in [0.25, 0.3) is 0 Å². The quantitative estimate of drug-likeness (QED) is 0.582. The summed E-state index contributed by atoms with van der Waals surface area (Å²) in [5, 5.41) is 7.82. The zero-order chi connectivity index (χ0) is 21.5. The van der Waals surface area contributed by atoms with Crippen LogP contribution < -0.4 is 10.6 Å². The van der Waals surface area contributed by atoms with Crippen LogP contribution in [0.5, 0.6) is 0 Å². The SMILES string of the molecule is CNC(=O)c1ccc(CN(C)CC(=O)NC(c2ccc(C)cc2)c2cccs2)cc1. The van der Waals surface area contributed by atoms with Crippen molar-refractivity contribution >= 4 is 23.2 Å². The average Bonchev–Trinajstić information content (AvgIpc) is 3.27. The van der Waals surface area contributed by atoms with E-state index in [9.17, 15) is 9.59 Å². The van der Waals surface area contributed by atoms with Crippen LogP contribution in [0.1, 0.15) is 38.0 Å². The monoisotopic (exact) mass is 421 g/mol. The van der Waals surface area contributed by atoms with E-state index in [1.807, 2.05) is 41.6 Å². The van der Waals surface area contributed by atoms with Crippen molar-refractivity contribution in [2.45, 2.75) is 19.5 Å². The molecule has 0 saturated heterocycles. The summed E-state index contributed by atoms with van der Waals surface area (Å²) in [6.07, 6.45) is 0. The standard InChI is InChI=1S/C24H27N3O2S/c1-17-6-10-19(11-7-17)23(21-5-4-14-30-21)26-22(28)16-27(3)15-18-8-12-20(13-9-18)24(29)25-2/h4-14,23H,15-16H2,1-3H3,(H,25,29)(H,26,28). The molecular weight excluding hydrogens is 394 g/mol. The second-order valence-electron chi connectivity index (χ2n) is 7.37. The molecule has 0 spiro atoms. The Morgan fingerprint density at radius 2 is 1.73 bits per heavy atom. The maximum Gasteiger partial charge on any atom is 0.251 e. The summed E-state index contributed by atoms with van der Waals surface area (Å²) in [7, 11) is 3.53. The number of benzene rings is 2. The molecule has 1 aromatic heterocycles. The average molecular weight is 422 g/mol. The van der Waals surface area contributed by atoms with Gasteiger partial charge in [0, 0.05) is 24.0 Å². The van der Waals surface area contributed by atoms with E-state index in [-0.39, 0.29) is 24.4 Å². The highest BCUT2D eigenvalue weighted by Crippen LogP contribution is 2.26. The fourth-order valence-electron chi connectivity index (χ4n) is 3.26. The van der Waals surface area contributed by atoms with Crippen molar-refractivity contribution in [2.75, 3.05) is 20.6 Å². The Morgan fingerprint density at radius 3 is 2.33 bits per heavy atom. The molecule has 30 heavy (non-hydrogen) atoms. The van der Waals surface area contributed by atoms with Gasteiger partial charge in [-0.1, -0.05) is 48.0 Å². The molecule has 5 nitrogen and oxygen atoms in total. The molecule has 0 aliphatic rings. The minimum Gasteiger partial charge on any atom is -0.355 e. The lowest BCUT2D eigenvalue weighted by Gasteiger charge is -2.21. The molecule has 0 aliphatic carbocycles. The van der Waals surface area contributed by atoms with Crippen LogP contribution >= 0.6 is 11.3 Å². The van der Waals surface area contributed by atoms with Crippen molar-refractivity contribution in [3.63, 3.8) is 0 Å². The smallest absolute Gasteiger partial charge is 0.251 e. The molecular formula is C24H27N3O2S. The molecule has 0 bridgehead atoms. The molecule has 3 aromatic rings. The first-order valence-electron chi connectivity index (χ1n) is 9.85. The van der Waals surface area contributed by atoms with Gasteiger partial charge in [-0.3, -0.25) is 14.5 Å². The first kappa shape index (κ1) is 21.7. The first-order chi connectivity index (χ1) is 14.5. The Kier molecular flexibility index (Phi) is 7.38. The lowest BCUT2D eigenvalue weighted by molar-refractivity contribution is -0.122. The van der Waals surface area contributed by atoms with E-state index in [1.165, 1.54) is 5.56 Å². The van der Waals surface area contributed by atoms with Crippen LogP contribution in [-0.2, 0) is 11.3 Å². The summed E-state index contributed by atoms with van der Waals surface area (Å²) in [4.78, 5) is 27.5. The molecule has 0 fully saturated rings. The van der Waals surface area contributed by atoms with E-state index in [2.05, 4.69) is 41.8 Å². The van der Waals surface area contributed by atoms with Crippen molar-refractivity contribution in [2.24, 2.45) is 0 Å². The van der Waals surface area contributed by atoms with E-state index >= 15 is 0 Å². The van der Waals surface area contributed by atoms with Crippen LogP contribution in [0.3, 0.4) is 0 Å². The number of carbonyl (C=O) groups is 2. The number of nitrogens with zero attached hydrogens (tertiary/aromatic N) is 1. The van der Waals surface area contributed by atoms with Crippen molar-refractivity contribution in [3.05, 3.63) is 93.2 Å². The minimum atomic E-state index is -0.154.